The van der Waals surface area contributed by atoms with Gasteiger partial charge in [-0.3, -0.25) is 0 Å². The first-order chi connectivity index (χ1) is 7.25. The largest absolute Gasteiger partial charge is 0.497 e. The Hall–Kier alpha value is -1.69. The summed E-state index contributed by atoms with van der Waals surface area (Å²) in [6.45, 7) is 0. The molecule has 0 N–H and O–H groups in total. The van der Waals surface area contributed by atoms with Crippen LogP contribution in [0.25, 0.3) is 0 Å². The highest BCUT2D eigenvalue weighted by molar-refractivity contribution is 5.51. The van der Waals surface area contributed by atoms with E-state index in [1.165, 1.54) is 0 Å². The molecule has 1 aliphatic carbocycles. The number of methoxy groups -OCH3 is 2. The molecule has 0 atom stereocenters. The number of nitriles is 1. The first-order valence-corrected chi connectivity index (χ1v) is 4.89. The van der Waals surface area contributed by atoms with E-state index in [4.69, 9.17) is 14.7 Å². The third-order valence-electron chi connectivity index (χ3n) is 2.89. The molecule has 3 nitrogen and oxygen atoms in total. The van der Waals surface area contributed by atoms with Crippen molar-refractivity contribution in [2.45, 2.75) is 18.3 Å². The van der Waals surface area contributed by atoms with Gasteiger partial charge in [0.25, 0.3) is 0 Å². The van der Waals surface area contributed by atoms with Crippen molar-refractivity contribution in [2.24, 2.45) is 0 Å². The summed E-state index contributed by atoms with van der Waals surface area (Å²) in [5.74, 6) is 1.50. The maximum Gasteiger partial charge on any atom is 0.127 e. The molecule has 0 unspecified atom stereocenters. The summed E-state index contributed by atoms with van der Waals surface area (Å²) in [5, 5.41) is 9.12. The quantitative estimate of drug-likeness (QED) is 0.756. The van der Waals surface area contributed by atoms with Gasteiger partial charge in [-0.15, -0.1) is 0 Å². The molecule has 3 heteroatoms. The second kappa shape index (κ2) is 3.47. The second-order valence-corrected chi connectivity index (χ2v) is 3.76. The number of hydrogen-bond acceptors (Lipinski definition) is 3. The number of benzene rings is 1. The maximum atomic E-state index is 9.12. The van der Waals surface area contributed by atoms with Crippen LogP contribution in [0.3, 0.4) is 0 Å². The predicted molar refractivity (Wildman–Crippen MR) is 56.1 cm³/mol. The number of ether oxygens (including phenoxy) is 2. The number of rotatable bonds is 3. The topological polar surface area (TPSA) is 42.2 Å². The predicted octanol–water partition coefficient (Wildman–Crippen LogP) is 2.26. The molecule has 0 spiro atoms. The molecule has 1 fully saturated rings. The van der Waals surface area contributed by atoms with E-state index in [1.807, 2.05) is 18.2 Å². The fraction of sp³-hybridized carbons (Fsp3) is 0.417. The molecule has 1 saturated carbocycles. The van der Waals surface area contributed by atoms with Crippen LogP contribution in [-0.4, -0.2) is 14.2 Å². The van der Waals surface area contributed by atoms with Crippen molar-refractivity contribution < 1.29 is 9.47 Å². The van der Waals surface area contributed by atoms with Crippen LogP contribution in [0.1, 0.15) is 18.4 Å². The molecule has 2 rings (SSSR count). The van der Waals surface area contributed by atoms with Crippen LogP contribution in [0.5, 0.6) is 11.5 Å². The Morgan fingerprint density at radius 2 is 2.00 bits per heavy atom. The average molecular weight is 203 g/mol. The minimum atomic E-state index is -0.308. The normalized spacial score (nSPS) is 16.6. The van der Waals surface area contributed by atoms with E-state index in [0.717, 1.165) is 29.9 Å². The van der Waals surface area contributed by atoms with E-state index >= 15 is 0 Å². The first kappa shape index (κ1) is 9.85. The van der Waals surface area contributed by atoms with Crippen LogP contribution in [0, 0.1) is 11.3 Å². The van der Waals surface area contributed by atoms with Crippen molar-refractivity contribution in [1.29, 1.82) is 5.26 Å². The van der Waals surface area contributed by atoms with Crippen molar-refractivity contribution in [2.75, 3.05) is 14.2 Å². The lowest BCUT2D eigenvalue weighted by Crippen LogP contribution is -2.05. The molecule has 1 aromatic rings. The Morgan fingerprint density at radius 1 is 1.27 bits per heavy atom. The lowest BCUT2D eigenvalue weighted by Gasteiger charge is -2.13. The molecule has 78 valence electrons. The number of hydrogen-bond donors (Lipinski definition) is 0. The van der Waals surface area contributed by atoms with Crippen molar-refractivity contribution in [3.63, 3.8) is 0 Å². The minimum Gasteiger partial charge on any atom is -0.497 e. The molecular weight excluding hydrogens is 190 g/mol. The van der Waals surface area contributed by atoms with Crippen molar-refractivity contribution in [3.8, 4) is 17.6 Å². The standard InChI is InChI=1S/C12H13NO2/c1-14-9-3-4-10(11(7-9)15-2)12(8-13)5-6-12/h3-4,7H,5-6H2,1-2H3. The van der Waals surface area contributed by atoms with Gasteiger partial charge in [-0.2, -0.15) is 5.26 Å². The lowest BCUT2D eigenvalue weighted by atomic mass is 9.96. The van der Waals surface area contributed by atoms with Gasteiger partial charge in [-0.1, -0.05) is 6.07 Å². The zero-order valence-corrected chi connectivity index (χ0v) is 8.91. The lowest BCUT2D eigenvalue weighted by molar-refractivity contribution is 0.389. The average Bonchev–Trinajstić information content (AvgIpc) is 3.09. The van der Waals surface area contributed by atoms with Crippen molar-refractivity contribution >= 4 is 0 Å². The van der Waals surface area contributed by atoms with E-state index in [9.17, 15) is 0 Å². The summed E-state index contributed by atoms with van der Waals surface area (Å²) in [6.07, 6.45) is 1.85. The Morgan fingerprint density at radius 3 is 2.47 bits per heavy atom. The first-order valence-electron chi connectivity index (χ1n) is 4.89. The number of nitrogens with zero attached hydrogens (tertiary/aromatic N) is 1. The van der Waals surface area contributed by atoms with Gasteiger partial charge in [0.05, 0.1) is 25.7 Å². The van der Waals surface area contributed by atoms with Gasteiger partial charge < -0.3 is 9.47 Å². The summed E-state index contributed by atoms with van der Waals surface area (Å²) < 4.78 is 10.4. The Kier molecular flexibility index (Phi) is 2.28. The second-order valence-electron chi connectivity index (χ2n) is 3.76. The summed E-state index contributed by atoms with van der Waals surface area (Å²) in [6, 6.07) is 7.98. The molecule has 1 aliphatic rings. The van der Waals surface area contributed by atoms with Gasteiger partial charge in [0.15, 0.2) is 0 Å². The SMILES string of the molecule is COc1ccc(C2(C#N)CC2)c(OC)c1. The zero-order chi connectivity index (χ0) is 10.9. The molecule has 0 heterocycles. The third kappa shape index (κ3) is 1.52. The van der Waals surface area contributed by atoms with Crippen LogP contribution < -0.4 is 9.47 Å². The van der Waals surface area contributed by atoms with Crippen LogP contribution in [0.15, 0.2) is 18.2 Å². The molecule has 0 amide bonds. The fourth-order valence-electron chi connectivity index (χ4n) is 1.76. The monoisotopic (exact) mass is 203 g/mol. The van der Waals surface area contributed by atoms with Gasteiger partial charge >= 0.3 is 0 Å². The van der Waals surface area contributed by atoms with Gasteiger partial charge in [-0.05, 0) is 18.9 Å². The van der Waals surface area contributed by atoms with Crippen LogP contribution in [0.4, 0.5) is 0 Å². The van der Waals surface area contributed by atoms with E-state index in [0.29, 0.717) is 0 Å². The maximum absolute atomic E-state index is 9.12. The van der Waals surface area contributed by atoms with Gasteiger partial charge in [0.2, 0.25) is 0 Å². The van der Waals surface area contributed by atoms with E-state index in [2.05, 4.69) is 6.07 Å². The molecule has 15 heavy (non-hydrogen) atoms. The molecule has 0 aromatic heterocycles. The zero-order valence-electron chi connectivity index (χ0n) is 8.91. The molecule has 0 aliphatic heterocycles. The van der Waals surface area contributed by atoms with Crippen LogP contribution in [0.2, 0.25) is 0 Å². The molecule has 0 radical (unpaired) electrons. The smallest absolute Gasteiger partial charge is 0.127 e. The Labute approximate surface area is 89.2 Å². The van der Waals surface area contributed by atoms with Crippen molar-refractivity contribution in [1.82, 2.24) is 0 Å². The van der Waals surface area contributed by atoms with E-state index in [-0.39, 0.29) is 5.41 Å². The van der Waals surface area contributed by atoms with Gasteiger partial charge in [0, 0.05) is 11.6 Å². The summed E-state index contributed by atoms with van der Waals surface area (Å²) in [4.78, 5) is 0. The highest BCUT2D eigenvalue weighted by Gasteiger charge is 2.46. The third-order valence-corrected chi connectivity index (χ3v) is 2.89. The highest BCUT2D eigenvalue weighted by Crippen LogP contribution is 2.51. The summed E-state index contributed by atoms with van der Waals surface area (Å²) in [7, 11) is 3.23. The molecular formula is C12H13NO2. The Bertz CT molecular complexity index is 416. The highest BCUT2D eigenvalue weighted by atomic mass is 16.5. The Balaban J connectivity index is 2.45. The van der Waals surface area contributed by atoms with Crippen LogP contribution >= 0.6 is 0 Å². The molecule has 1 aromatic carbocycles. The fourth-order valence-corrected chi connectivity index (χ4v) is 1.76. The van der Waals surface area contributed by atoms with Crippen LogP contribution in [-0.2, 0) is 5.41 Å². The van der Waals surface area contributed by atoms with E-state index in [1.54, 1.807) is 14.2 Å². The van der Waals surface area contributed by atoms with E-state index < -0.39 is 0 Å². The minimum absolute atomic E-state index is 0.308. The summed E-state index contributed by atoms with van der Waals surface area (Å²) in [5.41, 5.74) is 0.672. The molecule has 0 bridgehead atoms. The van der Waals surface area contributed by atoms with Crippen molar-refractivity contribution in [3.05, 3.63) is 23.8 Å². The summed E-state index contributed by atoms with van der Waals surface area (Å²) >= 11 is 0. The molecule has 0 saturated heterocycles. The van der Waals surface area contributed by atoms with Gasteiger partial charge in [0.1, 0.15) is 11.5 Å². The van der Waals surface area contributed by atoms with Gasteiger partial charge in [-0.25, -0.2) is 0 Å².